The third-order valence-electron chi connectivity index (χ3n) is 6.44. The second-order valence-corrected chi connectivity index (χ2v) is 12.0. The predicted molar refractivity (Wildman–Crippen MR) is 158 cm³/mol. The Hall–Kier alpha value is -3.07. The lowest BCUT2D eigenvalue weighted by molar-refractivity contribution is -0.141. The SMILES string of the molecule is CNC(=O)[C@@H](Cc1ccccc1)N(Cc1c(Cl)cccc1Cl)C(=O)CCCN(c1ccccc1C)S(C)(=O)=O. The number of benzene rings is 3. The van der Waals surface area contributed by atoms with Crippen LogP contribution in [0, 0.1) is 6.92 Å². The summed E-state index contributed by atoms with van der Waals surface area (Å²) in [4.78, 5) is 28.3. The number of halogens is 2. The molecule has 1 atom stereocenters. The van der Waals surface area contributed by atoms with Crippen molar-refractivity contribution in [3.05, 3.63) is 99.5 Å². The highest BCUT2D eigenvalue weighted by Gasteiger charge is 2.31. The number of nitrogens with one attached hydrogen (secondary N) is 1. The highest BCUT2D eigenvalue weighted by molar-refractivity contribution is 7.92. The molecule has 7 nitrogen and oxygen atoms in total. The monoisotopic (exact) mass is 589 g/mol. The van der Waals surface area contributed by atoms with Gasteiger partial charge in [0.2, 0.25) is 21.8 Å². The van der Waals surface area contributed by atoms with Crippen molar-refractivity contribution in [2.45, 2.75) is 38.8 Å². The summed E-state index contributed by atoms with van der Waals surface area (Å²) >= 11 is 12.9. The summed E-state index contributed by atoms with van der Waals surface area (Å²) in [6.45, 7) is 1.97. The van der Waals surface area contributed by atoms with Crippen LogP contribution in [0.4, 0.5) is 5.69 Å². The van der Waals surface area contributed by atoms with Gasteiger partial charge in [0.25, 0.3) is 0 Å². The minimum absolute atomic E-state index is 0.0161. The molecule has 10 heteroatoms. The summed E-state index contributed by atoms with van der Waals surface area (Å²) in [5.41, 5.74) is 2.80. The average molecular weight is 591 g/mol. The fourth-order valence-electron chi connectivity index (χ4n) is 4.40. The first kappa shape index (κ1) is 30.5. The van der Waals surface area contributed by atoms with Crippen LogP contribution in [0.25, 0.3) is 0 Å². The molecule has 0 saturated carbocycles. The number of aryl methyl sites for hydroxylation is 1. The van der Waals surface area contributed by atoms with Crippen LogP contribution in [0.15, 0.2) is 72.8 Å². The standard InChI is InChI=1S/C29H33Cl2N3O4S/c1-21-11-7-8-16-26(21)34(39(3,37)38)18-10-17-28(35)33(20-23-24(30)14-9-15-25(23)31)27(29(36)32-2)19-22-12-5-4-6-13-22/h4-9,11-16,27H,10,17-20H2,1-3H3,(H,32,36)/t27-/m1/s1. The molecule has 0 aliphatic carbocycles. The summed E-state index contributed by atoms with van der Waals surface area (Å²) in [6, 6.07) is 20.9. The molecular formula is C29H33Cl2N3O4S. The minimum Gasteiger partial charge on any atom is -0.357 e. The Bertz CT molecular complexity index is 1380. The molecule has 3 rings (SSSR count). The molecule has 0 unspecified atom stereocenters. The minimum atomic E-state index is -3.58. The van der Waals surface area contributed by atoms with Crippen molar-refractivity contribution in [2.24, 2.45) is 0 Å². The van der Waals surface area contributed by atoms with Crippen molar-refractivity contribution >= 4 is 50.7 Å². The van der Waals surface area contributed by atoms with Gasteiger partial charge in [-0.25, -0.2) is 8.42 Å². The third kappa shape index (κ3) is 8.21. The van der Waals surface area contributed by atoms with E-state index in [0.29, 0.717) is 21.3 Å². The second-order valence-electron chi connectivity index (χ2n) is 9.27. The van der Waals surface area contributed by atoms with E-state index >= 15 is 0 Å². The van der Waals surface area contributed by atoms with Gasteiger partial charge in [-0.05, 0) is 42.7 Å². The maximum atomic E-state index is 13.7. The maximum Gasteiger partial charge on any atom is 0.242 e. The van der Waals surface area contributed by atoms with E-state index in [1.54, 1.807) is 30.3 Å². The van der Waals surface area contributed by atoms with E-state index in [4.69, 9.17) is 23.2 Å². The quantitative estimate of drug-likeness (QED) is 0.313. The summed E-state index contributed by atoms with van der Waals surface area (Å²) in [5.74, 6) is -0.637. The smallest absolute Gasteiger partial charge is 0.242 e. The predicted octanol–water partition coefficient (Wildman–Crippen LogP) is 5.23. The van der Waals surface area contributed by atoms with Gasteiger partial charge < -0.3 is 10.2 Å². The molecule has 3 aromatic carbocycles. The van der Waals surface area contributed by atoms with Gasteiger partial charge >= 0.3 is 0 Å². The van der Waals surface area contributed by atoms with Crippen LogP contribution in [0.2, 0.25) is 10.0 Å². The topological polar surface area (TPSA) is 86.8 Å². The lowest BCUT2D eigenvalue weighted by Crippen LogP contribution is -2.50. The molecule has 0 fully saturated rings. The van der Waals surface area contributed by atoms with Gasteiger partial charge in [0.1, 0.15) is 6.04 Å². The number of likely N-dealkylation sites (N-methyl/N-ethyl adjacent to an activating group) is 1. The molecular weight excluding hydrogens is 557 g/mol. The molecule has 0 radical (unpaired) electrons. The molecule has 2 amide bonds. The first-order valence-corrected chi connectivity index (χ1v) is 15.1. The fourth-order valence-corrected chi connectivity index (χ4v) is 5.94. The van der Waals surface area contributed by atoms with Gasteiger partial charge in [-0.1, -0.05) is 77.8 Å². The number of amides is 2. The van der Waals surface area contributed by atoms with E-state index < -0.39 is 16.1 Å². The van der Waals surface area contributed by atoms with Crippen LogP contribution in [0.5, 0.6) is 0 Å². The third-order valence-corrected chi connectivity index (χ3v) is 8.33. The number of nitrogens with zero attached hydrogens (tertiary/aromatic N) is 2. The average Bonchev–Trinajstić information content (AvgIpc) is 2.90. The number of rotatable bonds is 12. The van der Waals surface area contributed by atoms with E-state index in [2.05, 4.69) is 5.32 Å². The van der Waals surface area contributed by atoms with Gasteiger partial charge in [0.15, 0.2) is 0 Å². The number of hydrogen-bond donors (Lipinski definition) is 1. The molecule has 0 aliphatic heterocycles. The zero-order valence-electron chi connectivity index (χ0n) is 22.2. The van der Waals surface area contributed by atoms with Gasteiger partial charge in [0.05, 0.1) is 11.9 Å². The number of sulfonamides is 1. The number of carbonyl (C=O) groups is 2. The Balaban J connectivity index is 1.90. The molecule has 3 aromatic rings. The Labute approximate surface area is 240 Å². The van der Waals surface area contributed by atoms with E-state index in [1.807, 2.05) is 49.4 Å². The number of para-hydroxylation sites is 1. The van der Waals surface area contributed by atoms with E-state index in [-0.39, 0.29) is 44.2 Å². The highest BCUT2D eigenvalue weighted by atomic mass is 35.5. The number of anilines is 1. The Morgan fingerprint density at radius 2 is 1.54 bits per heavy atom. The summed E-state index contributed by atoms with van der Waals surface area (Å²) < 4.78 is 26.5. The van der Waals surface area contributed by atoms with Crippen molar-refractivity contribution in [1.29, 1.82) is 0 Å². The lowest BCUT2D eigenvalue weighted by Gasteiger charge is -2.32. The van der Waals surface area contributed by atoms with Crippen LogP contribution in [0.1, 0.15) is 29.5 Å². The Morgan fingerprint density at radius 1 is 0.923 bits per heavy atom. The van der Waals surface area contributed by atoms with Crippen LogP contribution in [0.3, 0.4) is 0 Å². The zero-order valence-corrected chi connectivity index (χ0v) is 24.6. The maximum absolute atomic E-state index is 13.7. The lowest BCUT2D eigenvalue weighted by atomic mass is 10.0. The largest absolute Gasteiger partial charge is 0.357 e. The fraction of sp³-hybridized carbons (Fsp3) is 0.310. The van der Waals surface area contributed by atoms with Crippen molar-refractivity contribution in [3.63, 3.8) is 0 Å². The molecule has 0 aromatic heterocycles. The molecule has 0 bridgehead atoms. The van der Waals surface area contributed by atoms with Crippen molar-refractivity contribution in [1.82, 2.24) is 10.2 Å². The molecule has 0 heterocycles. The van der Waals surface area contributed by atoms with Crippen molar-refractivity contribution in [3.8, 4) is 0 Å². The van der Waals surface area contributed by atoms with Crippen LogP contribution in [-0.2, 0) is 32.6 Å². The van der Waals surface area contributed by atoms with Gasteiger partial charge in [0, 0.05) is 48.6 Å². The van der Waals surface area contributed by atoms with Crippen molar-refractivity contribution < 1.29 is 18.0 Å². The summed E-state index contributed by atoms with van der Waals surface area (Å²) in [5, 5.41) is 3.45. The van der Waals surface area contributed by atoms with Crippen LogP contribution in [-0.4, -0.2) is 51.0 Å². The van der Waals surface area contributed by atoms with Gasteiger partial charge in [-0.2, -0.15) is 0 Å². The molecule has 39 heavy (non-hydrogen) atoms. The van der Waals surface area contributed by atoms with Crippen molar-refractivity contribution in [2.75, 3.05) is 24.2 Å². The molecule has 208 valence electrons. The summed E-state index contributed by atoms with van der Waals surface area (Å²) in [6.07, 6.45) is 1.70. The molecule has 0 saturated heterocycles. The Kier molecular flexibility index (Phi) is 10.8. The van der Waals surface area contributed by atoms with E-state index in [0.717, 1.165) is 17.4 Å². The highest BCUT2D eigenvalue weighted by Crippen LogP contribution is 2.28. The molecule has 0 spiro atoms. The van der Waals surface area contributed by atoms with Gasteiger partial charge in [-0.15, -0.1) is 0 Å². The van der Waals surface area contributed by atoms with E-state index in [1.165, 1.54) is 16.3 Å². The zero-order chi connectivity index (χ0) is 28.6. The van der Waals surface area contributed by atoms with E-state index in [9.17, 15) is 18.0 Å². The molecule has 1 N–H and O–H groups in total. The number of carbonyl (C=O) groups excluding carboxylic acids is 2. The first-order valence-electron chi connectivity index (χ1n) is 12.5. The normalized spacial score (nSPS) is 12.0. The number of hydrogen-bond acceptors (Lipinski definition) is 4. The van der Waals surface area contributed by atoms with Crippen LogP contribution < -0.4 is 9.62 Å². The van der Waals surface area contributed by atoms with Gasteiger partial charge in [-0.3, -0.25) is 13.9 Å². The summed E-state index contributed by atoms with van der Waals surface area (Å²) in [7, 11) is -2.06. The second kappa shape index (κ2) is 13.8. The molecule has 0 aliphatic rings. The Morgan fingerprint density at radius 3 is 2.13 bits per heavy atom. The first-order chi connectivity index (χ1) is 18.5. The van der Waals surface area contributed by atoms with Crippen LogP contribution >= 0.6 is 23.2 Å².